The van der Waals surface area contributed by atoms with Crippen LogP contribution in [-0.4, -0.2) is 83.3 Å². The van der Waals surface area contributed by atoms with Crippen LogP contribution >= 0.6 is 0 Å². The quantitative estimate of drug-likeness (QED) is 0.550. The van der Waals surface area contributed by atoms with E-state index in [-0.39, 0.29) is 14.7 Å². The zero-order valence-corrected chi connectivity index (χ0v) is 20.7. The summed E-state index contributed by atoms with van der Waals surface area (Å²) in [5.41, 5.74) is 0.543. The number of sulfone groups is 1. The summed E-state index contributed by atoms with van der Waals surface area (Å²) in [5.74, 6) is 0. The molecule has 0 spiro atoms. The van der Waals surface area contributed by atoms with Gasteiger partial charge in [0.05, 0.1) is 14.7 Å². The predicted octanol–water partition coefficient (Wildman–Crippen LogP) is 2.48. The van der Waals surface area contributed by atoms with E-state index in [4.69, 9.17) is 0 Å². The lowest BCUT2D eigenvalue weighted by Crippen LogP contribution is -2.50. The molecular weight excluding hydrogens is 446 g/mol. The van der Waals surface area contributed by atoms with E-state index < -0.39 is 19.9 Å². The van der Waals surface area contributed by atoms with Crippen LogP contribution in [0.4, 0.5) is 0 Å². The summed E-state index contributed by atoms with van der Waals surface area (Å²) in [6, 6.07) is 12.4. The van der Waals surface area contributed by atoms with Crippen molar-refractivity contribution in [2.75, 3.05) is 52.4 Å². The number of rotatable bonds is 9. The van der Waals surface area contributed by atoms with Gasteiger partial charge in [0.25, 0.3) is 0 Å². The summed E-state index contributed by atoms with van der Waals surface area (Å²) in [6.07, 6.45) is 0. The Kier molecular flexibility index (Phi) is 8.11. The Morgan fingerprint density at radius 1 is 0.844 bits per heavy atom. The molecule has 0 atom stereocenters. The summed E-state index contributed by atoms with van der Waals surface area (Å²) in [5, 5.41) is 0. The van der Waals surface area contributed by atoms with Crippen LogP contribution in [-0.2, 0) is 19.9 Å². The Balaban J connectivity index is 1.77. The van der Waals surface area contributed by atoms with Gasteiger partial charge in [-0.2, -0.15) is 4.31 Å². The maximum Gasteiger partial charge on any atom is 0.243 e. The molecule has 0 bridgehead atoms. The second-order valence-corrected chi connectivity index (χ2v) is 11.9. The predicted molar refractivity (Wildman–Crippen MR) is 126 cm³/mol. The molecule has 0 aliphatic carbocycles. The van der Waals surface area contributed by atoms with Crippen LogP contribution in [0.1, 0.15) is 19.4 Å². The molecule has 0 N–H and O–H groups in total. The van der Waals surface area contributed by atoms with E-state index in [1.54, 1.807) is 31.2 Å². The number of piperazine rings is 1. The van der Waals surface area contributed by atoms with Crippen LogP contribution in [0.15, 0.2) is 63.2 Å². The molecule has 2 aromatic carbocycles. The van der Waals surface area contributed by atoms with Crippen molar-refractivity contribution in [2.24, 2.45) is 0 Å². The number of benzene rings is 2. The number of sulfonamides is 1. The fourth-order valence-electron chi connectivity index (χ4n) is 3.92. The highest BCUT2D eigenvalue weighted by Gasteiger charge is 2.31. The number of aryl methyl sites for hydroxylation is 1. The van der Waals surface area contributed by atoms with E-state index in [0.717, 1.165) is 26.2 Å². The fourth-order valence-corrected chi connectivity index (χ4v) is 6.97. The number of hydrogen-bond donors (Lipinski definition) is 0. The van der Waals surface area contributed by atoms with Gasteiger partial charge in [0, 0.05) is 39.3 Å². The molecule has 1 saturated heterocycles. The molecule has 0 amide bonds. The second kappa shape index (κ2) is 10.4. The number of hydrogen-bond acceptors (Lipinski definition) is 6. The van der Waals surface area contributed by atoms with Crippen LogP contribution in [0.5, 0.6) is 0 Å². The highest BCUT2D eigenvalue weighted by Crippen LogP contribution is 2.27. The molecule has 0 saturated carbocycles. The van der Waals surface area contributed by atoms with E-state index in [1.807, 2.05) is 0 Å². The summed E-state index contributed by atoms with van der Waals surface area (Å²) >= 11 is 0. The third-order valence-corrected chi connectivity index (χ3v) is 9.91. The SMILES string of the molecule is CCN(CC)CCN1CCN(S(=O)(=O)c2cc(S(=O)(=O)c3ccccc3)ccc2C)CC1. The van der Waals surface area contributed by atoms with Crippen LogP contribution in [0, 0.1) is 6.92 Å². The standard InChI is InChI=1S/C23H33N3O4S2/c1-4-24(5-2)13-14-25-15-17-26(18-16-25)32(29,30)23-19-22(12-11-20(23)3)31(27,28)21-9-7-6-8-10-21/h6-12,19H,4-5,13-18H2,1-3H3. The molecule has 9 heteroatoms. The molecule has 1 fully saturated rings. The monoisotopic (exact) mass is 479 g/mol. The van der Waals surface area contributed by atoms with Crippen LogP contribution in [0.2, 0.25) is 0 Å². The lowest BCUT2D eigenvalue weighted by atomic mass is 10.2. The molecular formula is C23H33N3O4S2. The van der Waals surface area contributed by atoms with E-state index in [1.165, 1.54) is 28.6 Å². The molecule has 32 heavy (non-hydrogen) atoms. The highest BCUT2D eigenvalue weighted by molar-refractivity contribution is 7.91. The first-order valence-corrected chi connectivity index (χ1v) is 14.0. The van der Waals surface area contributed by atoms with Crippen LogP contribution < -0.4 is 0 Å². The molecule has 1 aliphatic heterocycles. The first-order valence-electron chi connectivity index (χ1n) is 11.1. The van der Waals surface area contributed by atoms with Crippen molar-refractivity contribution in [3.05, 3.63) is 54.1 Å². The van der Waals surface area contributed by atoms with Crippen molar-refractivity contribution >= 4 is 19.9 Å². The van der Waals surface area contributed by atoms with Crippen LogP contribution in [0.3, 0.4) is 0 Å². The Bertz CT molecular complexity index is 1110. The van der Waals surface area contributed by atoms with Gasteiger partial charge in [-0.15, -0.1) is 0 Å². The van der Waals surface area contributed by atoms with Crippen molar-refractivity contribution in [3.63, 3.8) is 0 Å². The molecule has 0 radical (unpaired) electrons. The topological polar surface area (TPSA) is 78.0 Å². The summed E-state index contributed by atoms with van der Waals surface area (Å²) < 4.78 is 54.3. The third kappa shape index (κ3) is 5.40. The van der Waals surface area contributed by atoms with Gasteiger partial charge in [-0.3, -0.25) is 4.90 Å². The average molecular weight is 480 g/mol. The lowest BCUT2D eigenvalue weighted by molar-refractivity contribution is 0.163. The Morgan fingerprint density at radius 3 is 2.06 bits per heavy atom. The minimum atomic E-state index is -3.79. The molecule has 1 heterocycles. The average Bonchev–Trinajstić information content (AvgIpc) is 2.80. The summed E-state index contributed by atoms with van der Waals surface area (Å²) in [7, 11) is -7.58. The minimum Gasteiger partial charge on any atom is -0.303 e. The molecule has 176 valence electrons. The van der Waals surface area contributed by atoms with Crippen molar-refractivity contribution in [1.82, 2.24) is 14.1 Å². The van der Waals surface area contributed by atoms with Crippen LogP contribution in [0.25, 0.3) is 0 Å². The third-order valence-electron chi connectivity index (χ3n) is 6.10. The largest absolute Gasteiger partial charge is 0.303 e. The van der Waals surface area contributed by atoms with Gasteiger partial charge in [-0.25, -0.2) is 16.8 Å². The molecule has 1 aliphatic rings. The Hall–Kier alpha value is -1.78. The Morgan fingerprint density at radius 2 is 1.47 bits per heavy atom. The first kappa shape index (κ1) is 24.9. The molecule has 0 aromatic heterocycles. The van der Waals surface area contributed by atoms with E-state index in [0.29, 0.717) is 31.7 Å². The van der Waals surface area contributed by atoms with E-state index in [2.05, 4.69) is 23.6 Å². The van der Waals surface area contributed by atoms with Crippen molar-refractivity contribution < 1.29 is 16.8 Å². The highest BCUT2D eigenvalue weighted by atomic mass is 32.2. The van der Waals surface area contributed by atoms with Gasteiger partial charge in [0.15, 0.2) is 0 Å². The van der Waals surface area contributed by atoms with Crippen molar-refractivity contribution in [1.29, 1.82) is 0 Å². The van der Waals surface area contributed by atoms with E-state index in [9.17, 15) is 16.8 Å². The summed E-state index contributed by atoms with van der Waals surface area (Å²) in [4.78, 5) is 4.84. The van der Waals surface area contributed by atoms with Gasteiger partial charge < -0.3 is 4.90 Å². The molecule has 0 unspecified atom stereocenters. The number of likely N-dealkylation sites (N-methyl/N-ethyl adjacent to an activating group) is 1. The molecule has 7 nitrogen and oxygen atoms in total. The van der Waals surface area contributed by atoms with Gasteiger partial charge in [0.2, 0.25) is 19.9 Å². The second-order valence-electron chi connectivity index (χ2n) is 8.02. The Labute approximate surface area is 192 Å². The maximum absolute atomic E-state index is 13.4. The zero-order valence-electron chi connectivity index (χ0n) is 19.1. The first-order chi connectivity index (χ1) is 15.2. The zero-order chi connectivity index (χ0) is 23.4. The number of nitrogens with zero attached hydrogens (tertiary/aromatic N) is 3. The fraction of sp³-hybridized carbons (Fsp3) is 0.478. The van der Waals surface area contributed by atoms with Gasteiger partial charge >= 0.3 is 0 Å². The van der Waals surface area contributed by atoms with Crippen molar-refractivity contribution in [2.45, 2.75) is 35.5 Å². The molecule has 3 rings (SSSR count). The normalized spacial score (nSPS) is 16.5. The van der Waals surface area contributed by atoms with E-state index >= 15 is 0 Å². The molecule has 2 aromatic rings. The van der Waals surface area contributed by atoms with Crippen molar-refractivity contribution in [3.8, 4) is 0 Å². The van der Waals surface area contributed by atoms with Gasteiger partial charge in [-0.1, -0.05) is 38.1 Å². The minimum absolute atomic E-state index is 0.00858. The van der Waals surface area contributed by atoms with Gasteiger partial charge in [0.1, 0.15) is 0 Å². The smallest absolute Gasteiger partial charge is 0.243 e. The lowest BCUT2D eigenvalue weighted by Gasteiger charge is -2.35. The van der Waals surface area contributed by atoms with Gasteiger partial charge in [-0.05, 0) is 49.8 Å². The summed E-state index contributed by atoms with van der Waals surface area (Å²) in [6.45, 7) is 12.0. The maximum atomic E-state index is 13.4.